The molecule has 152 valence electrons. The summed E-state index contributed by atoms with van der Waals surface area (Å²) in [7, 11) is 0. The first-order valence-electron chi connectivity index (χ1n) is 9.74. The molecule has 0 N–H and O–H groups in total. The number of nitrogens with zero attached hydrogens (tertiary/aromatic N) is 4. The van der Waals surface area contributed by atoms with Gasteiger partial charge in [-0.3, -0.25) is 4.79 Å². The molecular formula is C20H27ClN4O2S. The van der Waals surface area contributed by atoms with Gasteiger partial charge < -0.3 is 14.2 Å². The van der Waals surface area contributed by atoms with Crippen molar-refractivity contribution in [2.75, 3.05) is 5.75 Å². The van der Waals surface area contributed by atoms with Crippen molar-refractivity contribution in [1.82, 2.24) is 19.7 Å². The van der Waals surface area contributed by atoms with Crippen LogP contribution in [0.15, 0.2) is 29.4 Å². The number of amides is 1. The van der Waals surface area contributed by atoms with Crippen LogP contribution >= 0.6 is 23.4 Å². The predicted octanol–water partition coefficient (Wildman–Crippen LogP) is 4.41. The maximum atomic E-state index is 12.7. The second kappa shape index (κ2) is 9.65. The van der Waals surface area contributed by atoms with Crippen LogP contribution in [0.25, 0.3) is 0 Å². The van der Waals surface area contributed by atoms with Gasteiger partial charge in [-0.1, -0.05) is 23.4 Å². The lowest BCUT2D eigenvalue weighted by atomic mass is 9.98. The highest BCUT2D eigenvalue weighted by Gasteiger charge is 2.29. The number of ether oxygens (including phenoxy) is 1. The molecule has 0 spiro atoms. The number of piperidine rings is 1. The molecule has 1 aromatic carbocycles. The van der Waals surface area contributed by atoms with Crippen molar-refractivity contribution in [2.45, 2.75) is 70.4 Å². The third-order valence-electron chi connectivity index (χ3n) is 5.10. The molecule has 28 heavy (non-hydrogen) atoms. The van der Waals surface area contributed by atoms with Crippen LogP contribution in [0.3, 0.4) is 0 Å². The Bertz CT molecular complexity index is 786. The van der Waals surface area contributed by atoms with Gasteiger partial charge >= 0.3 is 0 Å². The van der Waals surface area contributed by atoms with Crippen LogP contribution in [-0.2, 0) is 17.9 Å². The molecule has 1 fully saturated rings. The van der Waals surface area contributed by atoms with Crippen LogP contribution < -0.4 is 4.74 Å². The summed E-state index contributed by atoms with van der Waals surface area (Å²) in [5.41, 5.74) is 0. The maximum Gasteiger partial charge on any atom is 0.233 e. The Morgan fingerprint density at radius 2 is 1.89 bits per heavy atom. The first kappa shape index (κ1) is 21.0. The molecular weight excluding hydrogens is 396 g/mol. The third kappa shape index (κ3) is 5.00. The van der Waals surface area contributed by atoms with E-state index in [1.54, 1.807) is 12.1 Å². The highest BCUT2D eigenvalue weighted by Crippen LogP contribution is 2.25. The average Bonchev–Trinajstić information content (AvgIpc) is 3.07. The van der Waals surface area contributed by atoms with Crippen LogP contribution in [0.5, 0.6) is 5.75 Å². The summed E-state index contributed by atoms with van der Waals surface area (Å²) in [5, 5.41) is 9.95. The zero-order valence-electron chi connectivity index (χ0n) is 16.6. The fourth-order valence-corrected chi connectivity index (χ4v) is 4.66. The number of carbonyl (C=O) groups is 1. The second-order valence-corrected chi connectivity index (χ2v) is 8.48. The number of hydrogen-bond acceptors (Lipinski definition) is 5. The predicted molar refractivity (Wildman–Crippen MR) is 112 cm³/mol. The fraction of sp³-hybridized carbons (Fsp3) is 0.550. The minimum Gasteiger partial charge on any atom is -0.486 e. The third-order valence-corrected chi connectivity index (χ3v) is 6.30. The number of hydrogen-bond donors (Lipinski definition) is 0. The minimum absolute atomic E-state index is 0.175. The van der Waals surface area contributed by atoms with Crippen LogP contribution in [0.1, 0.15) is 45.9 Å². The molecule has 1 amide bonds. The molecule has 1 aliphatic rings. The molecule has 2 heterocycles. The van der Waals surface area contributed by atoms with E-state index < -0.39 is 0 Å². The van der Waals surface area contributed by atoms with Gasteiger partial charge in [0, 0.05) is 23.7 Å². The molecule has 3 rings (SSSR count). The summed E-state index contributed by atoms with van der Waals surface area (Å²) in [5.74, 6) is 2.03. The van der Waals surface area contributed by atoms with Gasteiger partial charge in [-0.25, -0.2) is 0 Å². The molecule has 0 unspecified atom stereocenters. The Balaban J connectivity index is 1.60. The van der Waals surface area contributed by atoms with E-state index in [9.17, 15) is 4.79 Å². The molecule has 0 aliphatic carbocycles. The van der Waals surface area contributed by atoms with Crippen molar-refractivity contribution >= 4 is 29.3 Å². The van der Waals surface area contributed by atoms with Gasteiger partial charge in [-0.2, -0.15) is 0 Å². The van der Waals surface area contributed by atoms with Gasteiger partial charge in [0.05, 0.1) is 5.75 Å². The highest BCUT2D eigenvalue weighted by atomic mass is 35.5. The van der Waals surface area contributed by atoms with E-state index in [1.165, 1.54) is 18.2 Å². The van der Waals surface area contributed by atoms with E-state index in [4.69, 9.17) is 16.3 Å². The lowest BCUT2D eigenvalue weighted by Crippen LogP contribution is -2.48. The summed E-state index contributed by atoms with van der Waals surface area (Å²) >= 11 is 7.35. The number of aromatic nitrogens is 3. The quantitative estimate of drug-likeness (QED) is 0.618. The smallest absolute Gasteiger partial charge is 0.233 e. The molecule has 2 aromatic rings. The van der Waals surface area contributed by atoms with Crippen molar-refractivity contribution in [2.24, 2.45) is 0 Å². The largest absolute Gasteiger partial charge is 0.486 e. The van der Waals surface area contributed by atoms with Crippen molar-refractivity contribution in [1.29, 1.82) is 0 Å². The van der Waals surface area contributed by atoms with Crippen molar-refractivity contribution in [3.05, 3.63) is 35.1 Å². The monoisotopic (exact) mass is 422 g/mol. The topological polar surface area (TPSA) is 60.2 Å². The summed E-state index contributed by atoms with van der Waals surface area (Å²) in [6, 6.07) is 7.84. The van der Waals surface area contributed by atoms with Crippen LogP contribution in [0, 0.1) is 0 Å². The van der Waals surface area contributed by atoms with Crippen LogP contribution in [0.4, 0.5) is 0 Å². The molecule has 1 aromatic heterocycles. The Hall–Kier alpha value is -1.73. The zero-order chi connectivity index (χ0) is 20.1. The summed E-state index contributed by atoms with van der Waals surface area (Å²) < 4.78 is 7.78. The van der Waals surface area contributed by atoms with Gasteiger partial charge in [0.2, 0.25) is 5.91 Å². The first-order valence-corrected chi connectivity index (χ1v) is 11.1. The Morgan fingerprint density at radius 1 is 1.21 bits per heavy atom. The van der Waals surface area contributed by atoms with Gasteiger partial charge in [-0.05, 0) is 64.3 Å². The summed E-state index contributed by atoms with van der Waals surface area (Å²) in [6.45, 7) is 7.35. The number of rotatable bonds is 7. The molecule has 0 radical (unpaired) electrons. The van der Waals surface area contributed by atoms with Crippen LogP contribution in [-0.4, -0.2) is 43.4 Å². The van der Waals surface area contributed by atoms with Gasteiger partial charge in [-0.15, -0.1) is 10.2 Å². The number of thioether (sulfide) groups is 1. The summed E-state index contributed by atoms with van der Waals surface area (Å²) in [4.78, 5) is 14.8. The minimum atomic E-state index is 0.175. The Morgan fingerprint density at radius 3 is 2.54 bits per heavy atom. The molecule has 8 heteroatoms. The Kier molecular flexibility index (Phi) is 7.24. The average molecular weight is 423 g/mol. The molecule has 1 saturated heterocycles. The van der Waals surface area contributed by atoms with E-state index >= 15 is 0 Å². The van der Waals surface area contributed by atoms with E-state index in [1.807, 2.05) is 28.5 Å². The Labute approximate surface area is 175 Å². The lowest BCUT2D eigenvalue weighted by molar-refractivity contribution is -0.134. The number of carbonyl (C=O) groups excluding carboxylic acids is 1. The van der Waals surface area contributed by atoms with E-state index in [0.717, 1.165) is 36.1 Å². The zero-order valence-corrected chi connectivity index (χ0v) is 18.2. The SMILES string of the molecule is CCn1c(COc2ccc(Cl)cc2)nnc1SCC(=O)N1[C@H](C)CCC[C@H]1C. The number of likely N-dealkylation sites (tertiary alicyclic amines) is 1. The standard InChI is InChI=1S/C20H27ClN4O2S/c1-4-24-18(12-27-17-10-8-16(21)9-11-17)22-23-20(24)28-13-19(26)25-14(2)6-5-7-15(25)3/h8-11,14-15H,4-7,12-13H2,1-3H3/t14-,15-/m1/s1. The molecule has 0 saturated carbocycles. The lowest BCUT2D eigenvalue weighted by Gasteiger charge is -2.39. The van der Waals surface area contributed by atoms with Gasteiger partial charge in [0.25, 0.3) is 0 Å². The van der Waals surface area contributed by atoms with E-state index in [2.05, 4.69) is 24.0 Å². The first-order chi connectivity index (χ1) is 13.5. The van der Waals surface area contributed by atoms with Gasteiger partial charge in [0.1, 0.15) is 12.4 Å². The van der Waals surface area contributed by atoms with E-state index in [-0.39, 0.29) is 5.91 Å². The van der Waals surface area contributed by atoms with Crippen molar-refractivity contribution < 1.29 is 9.53 Å². The normalized spacial score (nSPS) is 19.6. The number of benzene rings is 1. The highest BCUT2D eigenvalue weighted by molar-refractivity contribution is 7.99. The molecule has 2 atom stereocenters. The maximum absolute atomic E-state index is 12.7. The molecule has 6 nitrogen and oxygen atoms in total. The fourth-order valence-electron chi connectivity index (χ4n) is 3.64. The van der Waals surface area contributed by atoms with Crippen LogP contribution in [0.2, 0.25) is 5.02 Å². The van der Waals surface area contributed by atoms with Crippen molar-refractivity contribution in [3.63, 3.8) is 0 Å². The second-order valence-electron chi connectivity index (χ2n) is 7.10. The molecule has 0 bridgehead atoms. The number of halogens is 1. The summed E-state index contributed by atoms with van der Waals surface area (Å²) in [6.07, 6.45) is 3.36. The van der Waals surface area contributed by atoms with E-state index in [0.29, 0.717) is 29.5 Å². The van der Waals surface area contributed by atoms with Crippen molar-refractivity contribution in [3.8, 4) is 5.75 Å². The molecule has 1 aliphatic heterocycles. The van der Waals surface area contributed by atoms with Gasteiger partial charge in [0.15, 0.2) is 11.0 Å².